The Morgan fingerprint density at radius 2 is 2.23 bits per heavy atom. The van der Waals surface area contributed by atoms with Gasteiger partial charge in [-0.25, -0.2) is 4.68 Å². The van der Waals surface area contributed by atoms with Gasteiger partial charge < -0.3 is 5.73 Å². The lowest BCUT2D eigenvalue weighted by Crippen LogP contribution is -2.19. The maximum Gasteiger partial charge on any atom is 0.165 e. The zero-order chi connectivity index (χ0) is 9.31. The van der Waals surface area contributed by atoms with Gasteiger partial charge in [0.1, 0.15) is 0 Å². The molecule has 0 atom stereocenters. The van der Waals surface area contributed by atoms with Crippen molar-refractivity contribution in [3.8, 4) is 0 Å². The predicted molar refractivity (Wildman–Crippen MR) is 51.0 cm³/mol. The van der Waals surface area contributed by atoms with Gasteiger partial charge in [-0.2, -0.15) is 0 Å². The second-order valence-electron chi connectivity index (χ2n) is 4.36. The van der Waals surface area contributed by atoms with Crippen molar-refractivity contribution in [2.75, 3.05) is 5.73 Å². The SMILES string of the molecule is CC1(Cn2cc(N)nn2)CCCC1. The summed E-state index contributed by atoms with van der Waals surface area (Å²) in [5, 5.41) is 7.75. The molecule has 0 spiro atoms. The van der Waals surface area contributed by atoms with Gasteiger partial charge in [0.2, 0.25) is 0 Å². The molecule has 1 aliphatic carbocycles. The summed E-state index contributed by atoms with van der Waals surface area (Å²) in [5.74, 6) is 0.515. The number of rotatable bonds is 2. The van der Waals surface area contributed by atoms with E-state index in [-0.39, 0.29) is 0 Å². The summed E-state index contributed by atoms with van der Waals surface area (Å²) in [6, 6.07) is 0. The Bertz CT molecular complexity index is 286. The van der Waals surface area contributed by atoms with Gasteiger partial charge in [-0.15, -0.1) is 5.10 Å². The number of hydrogen-bond acceptors (Lipinski definition) is 3. The molecule has 1 aromatic heterocycles. The van der Waals surface area contributed by atoms with Crippen LogP contribution in [0.1, 0.15) is 32.6 Å². The van der Waals surface area contributed by atoms with Crippen molar-refractivity contribution in [2.45, 2.75) is 39.2 Å². The lowest BCUT2D eigenvalue weighted by atomic mass is 9.89. The van der Waals surface area contributed by atoms with Gasteiger partial charge in [-0.1, -0.05) is 25.0 Å². The molecule has 13 heavy (non-hydrogen) atoms. The Morgan fingerprint density at radius 3 is 2.77 bits per heavy atom. The average Bonchev–Trinajstić information content (AvgIpc) is 2.62. The summed E-state index contributed by atoms with van der Waals surface area (Å²) in [6.45, 7) is 3.27. The summed E-state index contributed by atoms with van der Waals surface area (Å²) >= 11 is 0. The van der Waals surface area contributed by atoms with E-state index in [0.717, 1.165) is 6.54 Å². The van der Waals surface area contributed by atoms with E-state index in [2.05, 4.69) is 17.2 Å². The number of nitrogen functional groups attached to an aromatic ring is 1. The normalized spacial score (nSPS) is 20.7. The molecule has 0 unspecified atom stereocenters. The third-order valence-electron chi connectivity index (χ3n) is 2.91. The van der Waals surface area contributed by atoms with E-state index in [1.807, 2.05) is 10.9 Å². The van der Waals surface area contributed by atoms with Gasteiger partial charge in [-0.05, 0) is 18.3 Å². The summed E-state index contributed by atoms with van der Waals surface area (Å²) in [4.78, 5) is 0. The maximum absolute atomic E-state index is 5.50. The first kappa shape index (κ1) is 8.53. The largest absolute Gasteiger partial charge is 0.381 e. The topological polar surface area (TPSA) is 56.7 Å². The molecule has 1 heterocycles. The fourth-order valence-electron chi connectivity index (χ4n) is 2.17. The Balaban J connectivity index is 2.04. The van der Waals surface area contributed by atoms with E-state index in [1.165, 1.54) is 25.7 Å². The fourth-order valence-corrected chi connectivity index (χ4v) is 2.17. The molecule has 0 radical (unpaired) electrons. The number of anilines is 1. The van der Waals surface area contributed by atoms with Crippen LogP contribution in [-0.2, 0) is 6.54 Å². The summed E-state index contributed by atoms with van der Waals surface area (Å²) < 4.78 is 1.86. The molecule has 0 bridgehead atoms. The van der Waals surface area contributed by atoms with Gasteiger partial charge in [-0.3, -0.25) is 0 Å². The van der Waals surface area contributed by atoms with Gasteiger partial charge >= 0.3 is 0 Å². The highest BCUT2D eigenvalue weighted by molar-refractivity contribution is 5.19. The lowest BCUT2D eigenvalue weighted by Gasteiger charge is -2.22. The molecule has 0 aromatic carbocycles. The molecule has 0 amide bonds. The zero-order valence-corrected chi connectivity index (χ0v) is 8.03. The standard InChI is InChI=1S/C9H16N4/c1-9(4-2-3-5-9)7-13-6-8(10)11-12-13/h6H,2-5,7,10H2,1H3. The zero-order valence-electron chi connectivity index (χ0n) is 8.03. The first-order chi connectivity index (χ1) is 6.18. The van der Waals surface area contributed by atoms with E-state index < -0.39 is 0 Å². The molecular weight excluding hydrogens is 164 g/mol. The van der Waals surface area contributed by atoms with Crippen molar-refractivity contribution < 1.29 is 0 Å². The third-order valence-corrected chi connectivity index (χ3v) is 2.91. The van der Waals surface area contributed by atoms with E-state index >= 15 is 0 Å². The first-order valence-corrected chi connectivity index (χ1v) is 4.84. The van der Waals surface area contributed by atoms with Gasteiger partial charge in [0, 0.05) is 6.54 Å². The van der Waals surface area contributed by atoms with Gasteiger partial charge in [0.25, 0.3) is 0 Å². The minimum atomic E-state index is 0.417. The molecule has 4 nitrogen and oxygen atoms in total. The molecule has 4 heteroatoms. The van der Waals surface area contributed by atoms with Crippen LogP contribution >= 0.6 is 0 Å². The molecule has 1 aromatic rings. The maximum atomic E-state index is 5.50. The monoisotopic (exact) mass is 180 g/mol. The molecule has 1 aliphatic rings. The van der Waals surface area contributed by atoms with Crippen LogP contribution in [0.2, 0.25) is 0 Å². The number of hydrogen-bond donors (Lipinski definition) is 1. The number of nitrogens with zero attached hydrogens (tertiary/aromatic N) is 3. The smallest absolute Gasteiger partial charge is 0.165 e. The average molecular weight is 180 g/mol. The highest BCUT2D eigenvalue weighted by atomic mass is 15.4. The fraction of sp³-hybridized carbons (Fsp3) is 0.778. The Labute approximate surface area is 78.1 Å². The molecule has 72 valence electrons. The minimum absolute atomic E-state index is 0.417. The summed E-state index contributed by atoms with van der Waals surface area (Å²) in [6.07, 6.45) is 7.10. The van der Waals surface area contributed by atoms with Crippen LogP contribution in [0.15, 0.2) is 6.20 Å². The summed E-state index contributed by atoms with van der Waals surface area (Å²) in [7, 11) is 0. The summed E-state index contributed by atoms with van der Waals surface area (Å²) in [5.41, 5.74) is 5.92. The lowest BCUT2D eigenvalue weighted by molar-refractivity contribution is 0.265. The molecule has 1 saturated carbocycles. The van der Waals surface area contributed by atoms with Crippen molar-refractivity contribution in [2.24, 2.45) is 5.41 Å². The third kappa shape index (κ3) is 1.82. The first-order valence-electron chi connectivity index (χ1n) is 4.84. The van der Waals surface area contributed by atoms with Crippen LogP contribution in [0.5, 0.6) is 0 Å². The van der Waals surface area contributed by atoms with Crippen LogP contribution in [-0.4, -0.2) is 15.0 Å². The second-order valence-corrected chi connectivity index (χ2v) is 4.36. The number of nitrogens with two attached hydrogens (primary N) is 1. The highest BCUT2D eigenvalue weighted by Crippen LogP contribution is 2.38. The molecule has 2 N–H and O–H groups in total. The molecule has 2 rings (SSSR count). The van der Waals surface area contributed by atoms with Crippen LogP contribution in [0.3, 0.4) is 0 Å². The number of aromatic nitrogens is 3. The van der Waals surface area contributed by atoms with Crippen LogP contribution in [0, 0.1) is 5.41 Å². The van der Waals surface area contributed by atoms with E-state index in [4.69, 9.17) is 5.73 Å². The van der Waals surface area contributed by atoms with Crippen LogP contribution in [0.25, 0.3) is 0 Å². The van der Waals surface area contributed by atoms with Crippen molar-refractivity contribution in [3.63, 3.8) is 0 Å². The van der Waals surface area contributed by atoms with Crippen molar-refractivity contribution in [1.82, 2.24) is 15.0 Å². The van der Waals surface area contributed by atoms with Crippen molar-refractivity contribution in [1.29, 1.82) is 0 Å². The quantitative estimate of drug-likeness (QED) is 0.749. The molecule has 0 saturated heterocycles. The van der Waals surface area contributed by atoms with Crippen LogP contribution in [0.4, 0.5) is 5.82 Å². The highest BCUT2D eigenvalue weighted by Gasteiger charge is 2.29. The molecule has 0 aliphatic heterocycles. The van der Waals surface area contributed by atoms with E-state index in [0.29, 0.717) is 11.2 Å². The van der Waals surface area contributed by atoms with Gasteiger partial charge in [0.05, 0.1) is 6.20 Å². The second kappa shape index (κ2) is 3.01. The van der Waals surface area contributed by atoms with E-state index in [9.17, 15) is 0 Å². The molecule has 1 fully saturated rings. The Kier molecular flexibility index (Phi) is 1.98. The van der Waals surface area contributed by atoms with E-state index in [1.54, 1.807) is 0 Å². The Hall–Kier alpha value is -1.06. The Morgan fingerprint density at radius 1 is 1.54 bits per heavy atom. The predicted octanol–water partition coefficient (Wildman–Crippen LogP) is 1.44. The minimum Gasteiger partial charge on any atom is -0.381 e. The van der Waals surface area contributed by atoms with Crippen molar-refractivity contribution in [3.05, 3.63) is 6.20 Å². The van der Waals surface area contributed by atoms with Crippen LogP contribution < -0.4 is 5.73 Å². The molecular formula is C9H16N4. The van der Waals surface area contributed by atoms with Crippen molar-refractivity contribution >= 4 is 5.82 Å². The van der Waals surface area contributed by atoms with Gasteiger partial charge in [0.15, 0.2) is 5.82 Å².